The van der Waals surface area contributed by atoms with Gasteiger partial charge in [-0.15, -0.1) is 0 Å². The number of halogens is 2. The number of nitrogen functional groups attached to an aromatic ring is 2. The minimum atomic E-state index is -4.50. The number of nitrogens with zero attached hydrogens (tertiary/aromatic N) is 7. The Balaban J connectivity index is 1.21. The van der Waals surface area contributed by atoms with Crippen molar-refractivity contribution < 1.29 is 45.5 Å². The standard InChI is InChI=1S/C20H22F2N10O9P2S2/c21-8-6-1-36-42(34,44)40-12-7(39-18(9(12)22)31-4-27-10-14(23)25-3-26-15(10)31)2-37-43(35,45)41-13(8)19(38-6)32-5-28-11-16(32)29-20(24)30-17(11)33/h3-9,12-13,18-19H,1-2H2,(H,34,44)(H,35,45)(H2,23,25,26)(H3,24,29,30,33)/t6?,7-,8-,9-,12-,13-,18-,19-,42-,43-/m1/s1. The van der Waals surface area contributed by atoms with E-state index < -0.39 is 81.6 Å². The molecule has 0 aliphatic carbocycles. The summed E-state index contributed by atoms with van der Waals surface area (Å²) >= 11 is 7.94. The maximum absolute atomic E-state index is 16.0. The zero-order valence-corrected chi connectivity index (χ0v) is 25.8. The largest absolute Gasteiger partial charge is 0.386 e. The molecule has 3 saturated heterocycles. The van der Waals surface area contributed by atoms with Gasteiger partial charge < -0.3 is 20.9 Å². The lowest BCUT2D eigenvalue weighted by Crippen LogP contribution is -2.33. The molecule has 3 aliphatic rings. The van der Waals surface area contributed by atoms with Gasteiger partial charge in [0.25, 0.3) is 5.56 Å². The molecule has 3 fully saturated rings. The van der Waals surface area contributed by atoms with Crippen molar-refractivity contribution in [1.29, 1.82) is 0 Å². The zero-order valence-electron chi connectivity index (χ0n) is 22.3. The Kier molecular flexibility index (Phi) is 7.70. The maximum Gasteiger partial charge on any atom is 0.386 e. The summed E-state index contributed by atoms with van der Waals surface area (Å²) in [7, 11) is 0. The molecular weight excluding hydrogens is 688 g/mol. The highest BCUT2D eigenvalue weighted by atomic mass is 32.7. The predicted molar refractivity (Wildman–Crippen MR) is 155 cm³/mol. The van der Waals surface area contributed by atoms with Crippen molar-refractivity contribution in [3.63, 3.8) is 0 Å². The van der Waals surface area contributed by atoms with Gasteiger partial charge in [0.05, 0.1) is 25.9 Å². The van der Waals surface area contributed by atoms with E-state index in [1.165, 1.54) is 10.9 Å². The first kappa shape index (κ1) is 30.9. The van der Waals surface area contributed by atoms with Crippen LogP contribution in [0.4, 0.5) is 20.5 Å². The average Bonchev–Trinajstić information content (AvgIpc) is 3.72. The minimum absolute atomic E-state index is 0.0341. The van der Waals surface area contributed by atoms with Crippen molar-refractivity contribution >= 4 is 72.2 Å². The normalized spacial score (nSPS) is 37.7. The Morgan fingerprint density at radius 2 is 1.47 bits per heavy atom. The Labute approximate surface area is 259 Å². The van der Waals surface area contributed by atoms with Gasteiger partial charge in [0.15, 0.2) is 47.4 Å². The van der Waals surface area contributed by atoms with Crippen molar-refractivity contribution in [3.8, 4) is 0 Å². The number of anilines is 2. The van der Waals surface area contributed by atoms with E-state index in [0.29, 0.717) is 0 Å². The summed E-state index contributed by atoms with van der Waals surface area (Å²) < 4.78 is 94.2. The maximum atomic E-state index is 16.0. The number of alkyl halides is 2. The molecule has 3 aliphatic heterocycles. The lowest BCUT2D eigenvalue weighted by Gasteiger charge is -2.26. The number of thiol groups is 2. The van der Waals surface area contributed by atoms with Crippen LogP contribution in [0, 0.1) is 0 Å². The summed E-state index contributed by atoms with van der Waals surface area (Å²) in [6.45, 7) is -10.4. The number of fused-ring (bicyclic) bond motifs is 5. The number of hydrogen-bond acceptors (Lipinski definition) is 16. The summed E-state index contributed by atoms with van der Waals surface area (Å²) in [6, 6.07) is 0. The van der Waals surface area contributed by atoms with Crippen LogP contribution in [0.5, 0.6) is 0 Å². The molecule has 19 nitrogen and oxygen atoms in total. The van der Waals surface area contributed by atoms with Gasteiger partial charge in [-0.3, -0.25) is 37.0 Å². The zero-order chi connectivity index (χ0) is 31.8. The highest BCUT2D eigenvalue weighted by molar-refractivity contribution is 8.44. The molecule has 0 amide bonds. The average molecular weight is 711 g/mol. The first-order valence-corrected chi connectivity index (χ1v) is 18.3. The molecule has 0 saturated carbocycles. The summed E-state index contributed by atoms with van der Waals surface area (Å²) in [5.41, 5.74) is 10.8. The van der Waals surface area contributed by atoms with E-state index in [1.54, 1.807) is 0 Å². The summed E-state index contributed by atoms with van der Waals surface area (Å²) in [5.74, 6) is -0.234. The van der Waals surface area contributed by atoms with Gasteiger partial charge in [-0.05, 0) is 0 Å². The number of nitrogens with two attached hydrogens (primary N) is 2. The van der Waals surface area contributed by atoms with Crippen molar-refractivity contribution in [2.24, 2.45) is 0 Å². The fourth-order valence-corrected chi connectivity index (χ4v) is 8.17. The second kappa shape index (κ2) is 11.2. The lowest BCUT2D eigenvalue weighted by atomic mass is 10.1. The third kappa shape index (κ3) is 5.53. The molecule has 0 radical (unpaired) electrons. The van der Waals surface area contributed by atoms with Gasteiger partial charge in [0, 0.05) is 0 Å². The quantitative estimate of drug-likeness (QED) is 0.146. The highest BCUT2D eigenvalue weighted by Gasteiger charge is 2.54. The molecule has 7 heterocycles. The van der Waals surface area contributed by atoms with Crippen LogP contribution in [-0.4, -0.2) is 89.0 Å². The van der Waals surface area contributed by atoms with E-state index in [2.05, 4.69) is 54.4 Å². The van der Waals surface area contributed by atoms with Gasteiger partial charge in [-0.1, -0.05) is 24.5 Å². The fraction of sp³-hybridized carbons (Fsp3) is 0.500. The first-order chi connectivity index (χ1) is 21.3. The van der Waals surface area contributed by atoms with Crippen LogP contribution in [-0.2, 0) is 36.7 Å². The van der Waals surface area contributed by atoms with E-state index in [0.717, 1.165) is 17.2 Å². The van der Waals surface area contributed by atoms with Crippen LogP contribution in [0.25, 0.3) is 22.3 Å². The SMILES string of the molecule is Nc1nc2c(ncn2[C@@H]2OC3CO[P@@](=O)(S)O[C@H]4[C@@H](F)[C@H](n5cnc6c(N)ncnc65)O[C@@H]4CO[P@@](=O)(S)O[C@@H]2[C@@H]3F)c(=O)[nH]1. The second-order valence-electron chi connectivity index (χ2n) is 10.0. The van der Waals surface area contributed by atoms with Crippen molar-refractivity contribution in [2.75, 3.05) is 24.7 Å². The molecular formula is C20H22F2N10O9P2S2. The van der Waals surface area contributed by atoms with Gasteiger partial charge >= 0.3 is 13.6 Å². The molecule has 10 atom stereocenters. The first-order valence-electron chi connectivity index (χ1n) is 12.9. The smallest absolute Gasteiger partial charge is 0.382 e. The summed E-state index contributed by atoms with van der Waals surface area (Å²) in [4.78, 5) is 34.6. The van der Waals surface area contributed by atoms with Crippen LogP contribution < -0.4 is 17.0 Å². The third-order valence-corrected chi connectivity index (χ3v) is 10.5. The second-order valence-corrected chi connectivity index (χ2v) is 15.8. The molecule has 45 heavy (non-hydrogen) atoms. The van der Waals surface area contributed by atoms with Gasteiger partial charge in [0.1, 0.15) is 36.3 Å². The van der Waals surface area contributed by atoms with Crippen LogP contribution in [0.2, 0.25) is 0 Å². The van der Waals surface area contributed by atoms with Crippen molar-refractivity contribution in [2.45, 2.75) is 49.2 Å². The van der Waals surface area contributed by atoms with Crippen LogP contribution in [0.15, 0.2) is 23.8 Å². The number of aromatic amines is 1. The number of H-pyrrole nitrogens is 1. The number of rotatable bonds is 2. The summed E-state index contributed by atoms with van der Waals surface area (Å²) in [5, 5.41) is 0. The van der Waals surface area contributed by atoms with Crippen LogP contribution >= 0.6 is 38.1 Å². The van der Waals surface area contributed by atoms with E-state index in [4.69, 9.17) is 39.0 Å². The minimum Gasteiger partial charge on any atom is -0.382 e. The molecule has 5 N–H and O–H groups in total. The van der Waals surface area contributed by atoms with E-state index in [9.17, 15) is 13.9 Å². The van der Waals surface area contributed by atoms with E-state index >= 15 is 8.78 Å². The molecule has 2 bridgehead atoms. The number of aromatic nitrogens is 8. The van der Waals surface area contributed by atoms with E-state index in [1.807, 2.05) is 0 Å². The van der Waals surface area contributed by atoms with Gasteiger partial charge in [-0.25, -0.2) is 37.8 Å². The Bertz CT molecular complexity index is 1950. The summed E-state index contributed by atoms with van der Waals surface area (Å²) in [6.07, 6.45) is -10.0. The third-order valence-electron chi connectivity index (χ3n) is 7.23. The molecule has 0 spiro atoms. The monoisotopic (exact) mass is 710 g/mol. The number of ether oxygens (including phenoxy) is 2. The van der Waals surface area contributed by atoms with Crippen LogP contribution in [0.3, 0.4) is 0 Å². The predicted octanol–water partition coefficient (Wildman–Crippen LogP) is 1.49. The Morgan fingerprint density at radius 1 is 0.844 bits per heavy atom. The van der Waals surface area contributed by atoms with Crippen molar-refractivity contribution in [1.82, 2.24) is 39.0 Å². The molecule has 242 valence electrons. The molecule has 4 aromatic heterocycles. The molecule has 0 aromatic carbocycles. The number of imidazole rings is 2. The van der Waals surface area contributed by atoms with Crippen molar-refractivity contribution in [3.05, 3.63) is 29.3 Å². The van der Waals surface area contributed by atoms with E-state index in [-0.39, 0.29) is 34.1 Å². The highest BCUT2D eigenvalue weighted by Crippen LogP contribution is 2.60. The molecule has 1 unspecified atom stereocenters. The van der Waals surface area contributed by atoms with Gasteiger partial charge in [0.2, 0.25) is 5.95 Å². The Morgan fingerprint density at radius 3 is 2.20 bits per heavy atom. The number of nitrogens with one attached hydrogen (secondary N) is 1. The fourth-order valence-electron chi connectivity index (χ4n) is 5.23. The Hall–Kier alpha value is -2.72. The molecule has 7 rings (SSSR count). The topological polar surface area (TPSA) is 249 Å². The lowest BCUT2D eigenvalue weighted by molar-refractivity contribution is -0.0563. The number of hydrogen-bond donors (Lipinski definition) is 5. The van der Waals surface area contributed by atoms with Crippen LogP contribution in [0.1, 0.15) is 12.5 Å². The molecule has 4 aromatic rings. The van der Waals surface area contributed by atoms with Gasteiger partial charge in [-0.2, -0.15) is 4.98 Å². The molecule has 25 heteroatoms.